The number of rotatable bonds is 2. The van der Waals surface area contributed by atoms with Crippen molar-refractivity contribution < 1.29 is 9.18 Å². The number of halogens is 1. The number of benzene rings is 1. The van der Waals surface area contributed by atoms with Gasteiger partial charge in [-0.1, -0.05) is 19.4 Å². The molecule has 1 aliphatic heterocycles. The van der Waals surface area contributed by atoms with Gasteiger partial charge in [-0.05, 0) is 43.4 Å². The van der Waals surface area contributed by atoms with E-state index in [1.807, 2.05) is 11.8 Å². The summed E-state index contributed by atoms with van der Waals surface area (Å²) in [6.45, 7) is 5.61. The number of urea groups is 1. The van der Waals surface area contributed by atoms with Gasteiger partial charge in [-0.2, -0.15) is 0 Å². The van der Waals surface area contributed by atoms with Crippen molar-refractivity contribution in [1.29, 1.82) is 0 Å². The lowest BCUT2D eigenvalue weighted by atomic mass is 9.96. The third-order valence-electron chi connectivity index (χ3n) is 3.82. The molecule has 0 saturated carbocycles. The molecule has 1 unspecified atom stereocenters. The lowest BCUT2D eigenvalue weighted by Gasteiger charge is -2.32. The van der Waals surface area contributed by atoms with E-state index >= 15 is 0 Å². The number of carbonyl (C=O) groups is 1. The van der Waals surface area contributed by atoms with Crippen molar-refractivity contribution in [3.8, 4) is 0 Å². The Morgan fingerprint density at radius 3 is 3.05 bits per heavy atom. The summed E-state index contributed by atoms with van der Waals surface area (Å²) >= 11 is 0. The standard InChI is InChI=1S/C15H21FN2O/c1-3-12-5-4-8-18(10-12)15(19)17-14-9-13(16)7-6-11(14)2/h6-7,9,12H,3-5,8,10H2,1-2H3,(H,17,19). The molecule has 1 heterocycles. The van der Waals surface area contributed by atoms with Crippen LogP contribution in [0.25, 0.3) is 0 Å². The van der Waals surface area contributed by atoms with Crippen LogP contribution >= 0.6 is 0 Å². The number of carbonyl (C=O) groups excluding carboxylic acids is 1. The first-order valence-electron chi connectivity index (χ1n) is 6.92. The van der Waals surface area contributed by atoms with Crippen LogP contribution in [0.1, 0.15) is 31.7 Å². The molecule has 0 aliphatic carbocycles. The summed E-state index contributed by atoms with van der Waals surface area (Å²) in [5.41, 5.74) is 1.43. The quantitative estimate of drug-likeness (QED) is 0.866. The molecule has 1 atom stereocenters. The maximum atomic E-state index is 13.2. The molecule has 0 aromatic heterocycles. The number of likely N-dealkylation sites (tertiary alicyclic amines) is 1. The predicted octanol–water partition coefficient (Wildman–Crippen LogP) is 3.79. The normalized spacial score (nSPS) is 19.3. The number of aryl methyl sites for hydroxylation is 1. The molecule has 0 spiro atoms. The number of amides is 2. The highest BCUT2D eigenvalue weighted by molar-refractivity contribution is 5.90. The Balaban J connectivity index is 2.02. The Kier molecular flexibility index (Phi) is 4.40. The Morgan fingerprint density at radius 2 is 2.32 bits per heavy atom. The minimum absolute atomic E-state index is 0.119. The number of anilines is 1. The van der Waals surface area contributed by atoms with Gasteiger partial charge in [0.05, 0.1) is 0 Å². The summed E-state index contributed by atoms with van der Waals surface area (Å²) in [6, 6.07) is 4.33. The van der Waals surface area contributed by atoms with Crippen molar-refractivity contribution in [3.05, 3.63) is 29.6 Å². The van der Waals surface area contributed by atoms with E-state index in [0.717, 1.165) is 31.5 Å². The van der Waals surface area contributed by atoms with Crippen molar-refractivity contribution >= 4 is 11.7 Å². The maximum Gasteiger partial charge on any atom is 0.321 e. The Morgan fingerprint density at radius 1 is 1.53 bits per heavy atom. The molecule has 0 bridgehead atoms. The van der Waals surface area contributed by atoms with Gasteiger partial charge >= 0.3 is 6.03 Å². The molecule has 3 nitrogen and oxygen atoms in total. The number of hydrogen-bond acceptors (Lipinski definition) is 1. The van der Waals surface area contributed by atoms with Gasteiger partial charge in [0.25, 0.3) is 0 Å². The van der Waals surface area contributed by atoms with Crippen molar-refractivity contribution in [1.82, 2.24) is 4.90 Å². The molecule has 0 radical (unpaired) electrons. The molecule has 1 fully saturated rings. The van der Waals surface area contributed by atoms with Gasteiger partial charge in [0.15, 0.2) is 0 Å². The topological polar surface area (TPSA) is 32.3 Å². The summed E-state index contributed by atoms with van der Waals surface area (Å²) in [6.07, 6.45) is 3.34. The molecule has 1 saturated heterocycles. The molecule has 1 aromatic carbocycles. The smallest absolute Gasteiger partial charge is 0.321 e. The average molecular weight is 264 g/mol. The van der Waals surface area contributed by atoms with Crippen LogP contribution in [0.3, 0.4) is 0 Å². The van der Waals surface area contributed by atoms with Gasteiger partial charge in [0.2, 0.25) is 0 Å². The highest BCUT2D eigenvalue weighted by atomic mass is 19.1. The molecule has 19 heavy (non-hydrogen) atoms. The van der Waals surface area contributed by atoms with E-state index in [-0.39, 0.29) is 11.8 Å². The van der Waals surface area contributed by atoms with Gasteiger partial charge in [-0.15, -0.1) is 0 Å². The molecule has 1 N–H and O–H groups in total. The lowest BCUT2D eigenvalue weighted by molar-refractivity contribution is 0.176. The largest absolute Gasteiger partial charge is 0.324 e. The van der Waals surface area contributed by atoms with Gasteiger partial charge in [0, 0.05) is 18.8 Å². The van der Waals surface area contributed by atoms with Gasteiger partial charge in [-0.3, -0.25) is 0 Å². The second-order valence-electron chi connectivity index (χ2n) is 5.25. The van der Waals surface area contributed by atoms with Crippen LogP contribution < -0.4 is 5.32 Å². The highest BCUT2D eigenvalue weighted by Gasteiger charge is 2.22. The lowest BCUT2D eigenvalue weighted by Crippen LogP contribution is -2.42. The van der Waals surface area contributed by atoms with E-state index in [1.54, 1.807) is 6.07 Å². The zero-order valence-corrected chi connectivity index (χ0v) is 11.6. The number of hydrogen-bond donors (Lipinski definition) is 1. The second kappa shape index (κ2) is 6.04. The Bertz CT molecular complexity index is 461. The van der Waals surface area contributed by atoms with Crippen LogP contribution in [0, 0.1) is 18.7 Å². The first-order valence-corrected chi connectivity index (χ1v) is 6.92. The van der Waals surface area contributed by atoms with E-state index in [9.17, 15) is 9.18 Å². The molecule has 2 rings (SSSR count). The highest BCUT2D eigenvalue weighted by Crippen LogP contribution is 2.21. The predicted molar refractivity (Wildman–Crippen MR) is 74.7 cm³/mol. The Hall–Kier alpha value is -1.58. The third-order valence-corrected chi connectivity index (χ3v) is 3.82. The van der Waals surface area contributed by atoms with E-state index in [2.05, 4.69) is 12.2 Å². The average Bonchev–Trinajstić information content (AvgIpc) is 2.43. The summed E-state index contributed by atoms with van der Waals surface area (Å²) in [5, 5.41) is 2.81. The van der Waals surface area contributed by atoms with Crippen LogP contribution in [0.15, 0.2) is 18.2 Å². The fourth-order valence-electron chi connectivity index (χ4n) is 2.51. The SMILES string of the molecule is CCC1CCCN(C(=O)Nc2cc(F)ccc2C)C1. The number of nitrogens with zero attached hydrogens (tertiary/aromatic N) is 1. The molecule has 104 valence electrons. The summed E-state index contributed by atoms with van der Waals surface area (Å²) < 4.78 is 13.2. The third kappa shape index (κ3) is 3.46. The van der Waals surface area contributed by atoms with Gasteiger partial charge in [0.1, 0.15) is 5.82 Å². The van der Waals surface area contributed by atoms with Crippen LogP contribution in [0.2, 0.25) is 0 Å². The van der Waals surface area contributed by atoms with Gasteiger partial charge in [-0.25, -0.2) is 9.18 Å². The minimum Gasteiger partial charge on any atom is -0.324 e. The summed E-state index contributed by atoms with van der Waals surface area (Å²) in [4.78, 5) is 14.0. The zero-order chi connectivity index (χ0) is 13.8. The van der Waals surface area contributed by atoms with Crippen LogP contribution in [0.4, 0.5) is 14.9 Å². The van der Waals surface area contributed by atoms with E-state index in [1.165, 1.54) is 18.6 Å². The molecule has 2 amide bonds. The zero-order valence-electron chi connectivity index (χ0n) is 11.6. The van der Waals surface area contributed by atoms with E-state index in [4.69, 9.17) is 0 Å². The van der Waals surface area contributed by atoms with Crippen LogP contribution in [-0.2, 0) is 0 Å². The number of nitrogens with one attached hydrogen (secondary N) is 1. The molecule has 1 aromatic rings. The van der Waals surface area contributed by atoms with Gasteiger partial charge < -0.3 is 10.2 Å². The first-order chi connectivity index (χ1) is 9.10. The molecule has 1 aliphatic rings. The van der Waals surface area contributed by atoms with Crippen molar-refractivity contribution in [3.63, 3.8) is 0 Å². The minimum atomic E-state index is -0.328. The molecule has 4 heteroatoms. The van der Waals surface area contributed by atoms with Crippen molar-refractivity contribution in [2.24, 2.45) is 5.92 Å². The second-order valence-corrected chi connectivity index (χ2v) is 5.25. The van der Waals surface area contributed by atoms with Crippen LogP contribution in [0.5, 0.6) is 0 Å². The van der Waals surface area contributed by atoms with E-state index in [0.29, 0.717) is 11.6 Å². The summed E-state index contributed by atoms with van der Waals surface area (Å²) in [5.74, 6) is 0.263. The first kappa shape index (κ1) is 13.8. The van der Waals surface area contributed by atoms with Crippen molar-refractivity contribution in [2.75, 3.05) is 18.4 Å². The van der Waals surface area contributed by atoms with E-state index < -0.39 is 0 Å². The Labute approximate surface area is 113 Å². The fourth-order valence-corrected chi connectivity index (χ4v) is 2.51. The monoisotopic (exact) mass is 264 g/mol. The molecular formula is C15H21FN2O. The van der Waals surface area contributed by atoms with Crippen molar-refractivity contribution in [2.45, 2.75) is 33.1 Å². The van der Waals surface area contributed by atoms with Crippen LogP contribution in [-0.4, -0.2) is 24.0 Å². The fraction of sp³-hybridized carbons (Fsp3) is 0.533. The number of piperidine rings is 1. The summed E-state index contributed by atoms with van der Waals surface area (Å²) in [7, 11) is 0. The maximum absolute atomic E-state index is 13.2. The molecular weight excluding hydrogens is 243 g/mol.